The van der Waals surface area contributed by atoms with Crippen LogP contribution in [0.2, 0.25) is 0 Å². The summed E-state index contributed by atoms with van der Waals surface area (Å²) in [5.41, 5.74) is 1.66. The van der Waals surface area contributed by atoms with Gasteiger partial charge in [-0.05, 0) is 79.3 Å². The molecule has 1 amide bonds. The molecule has 1 heterocycles. The Morgan fingerprint density at radius 1 is 1.25 bits per heavy atom. The molecule has 3 aliphatic carbocycles. The fourth-order valence-corrected chi connectivity index (χ4v) is 6.65. The molecule has 0 spiro atoms. The Bertz CT molecular complexity index is 643. The number of piperidine rings is 1. The summed E-state index contributed by atoms with van der Waals surface area (Å²) >= 11 is 0. The van der Waals surface area contributed by atoms with Crippen molar-refractivity contribution in [2.45, 2.75) is 57.9 Å². The Morgan fingerprint density at radius 3 is 2.88 bits per heavy atom. The van der Waals surface area contributed by atoms with Crippen LogP contribution in [0.3, 0.4) is 0 Å². The highest BCUT2D eigenvalue weighted by Gasteiger charge is 2.54. The van der Waals surface area contributed by atoms with Gasteiger partial charge < -0.3 is 4.90 Å². The number of likely N-dealkylation sites (tertiary alicyclic amines) is 1. The summed E-state index contributed by atoms with van der Waals surface area (Å²) in [5.74, 6) is 3.40. The summed E-state index contributed by atoms with van der Waals surface area (Å²) in [6.07, 6.45) is 14.1. The van der Waals surface area contributed by atoms with Gasteiger partial charge in [0.1, 0.15) is 0 Å². The largest absolute Gasteiger partial charge is 0.342 e. The standard InChI is InChI=1S/C21H28N2O/c1-21-12-11-15-16(18(21)8-5-14(21)4-3-13-22)6-9-19-17(15)7-10-20(24)23(19)2/h3-5,15-19H,6-12H2,1-2H3/t15-,16+,17+,18-,19+,21+/m0/s1. The molecule has 128 valence electrons. The third kappa shape index (κ3) is 2.19. The van der Waals surface area contributed by atoms with Crippen molar-refractivity contribution in [1.29, 1.82) is 5.26 Å². The second-order valence-electron chi connectivity index (χ2n) is 8.60. The number of carbonyl (C=O) groups is 1. The predicted molar refractivity (Wildman–Crippen MR) is 93.8 cm³/mol. The molecular formula is C21H28N2O. The van der Waals surface area contributed by atoms with Crippen LogP contribution in [-0.4, -0.2) is 23.9 Å². The molecule has 4 aliphatic rings. The number of carbonyl (C=O) groups excluding carboxylic acids is 1. The molecule has 6 atom stereocenters. The third-order valence-corrected chi connectivity index (χ3v) is 7.89. The number of nitriles is 1. The van der Waals surface area contributed by atoms with Crippen molar-refractivity contribution in [3.05, 3.63) is 23.8 Å². The van der Waals surface area contributed by atoms with E-state index in [-0.39, 0.29) is 5.41 Å². The van der Waals surface area contributed by atoms with Crippen molar-refractivity contribution in [2.24, 2.45) is 29.1 Å². The van der Waals surface area contributed by atoms with E-state index in [9.17, 15) is 4.79 Å². The van der Waals surface area contributed by atoms with Crippen molar-refractivity contribution in [2.75, 3.05) is 7.05 Å². The summed E-state index contributed by atoms with van der Waals surface area (Å²) in [5, 5.41) is 8.87. The molecule has 0 aromatic rings. The van der Waals surface area contributed by atoms with E-state index in [0.717, 1.165) is 36.5 Å². The third-order valence-electron chi connectivity index (χ3n) is 7.89. The van der Waals surface area contributed by atoms with E-state index in [2.05, 4.69) is 30.0 Å². The summed E-state index contributed by atoms with van der Waals surface area (Å²) < 4.78 is 0. The lowest BCUT2D eigenvalue weighted by Gasteiger charge is -2.56. The molecule has 0 aromatic heterocycles. The van der Waals surface area contributed by atoms with Gasteiger partial charge in [0.15, 0.2) is 0 Å². The summed E-state index contributed by atoms with van der Waals surface area (Å²) in [7, 11) is 2.02. The molecule has 0 N–H and O–H groups in total. The van der Waals surface area contributed by atoms with Gasteiger partial charge in [-0.2, -0.15) is 5.26 Å². The Balaban J connectivity index is 1.57. The zero-order chi connectivity index (χ0) is 16.9. The van der Waals surface area contributed by atoms with Crippen molar-refractivity contribution >= 4 is 5.91 Å². The number of nitrogens with zero attached hydrogens (tertiary/aromatic N) is 2. The zero-order valence-electron chi connectivity index (χ0n) is 14.9. The van der Waals surface area contributed by atoms with E-state index in [1.165, 1.54) is 37.7 Å². The van der Waals surface area contributed by atoms with Crippen LogP contribution < -0.4 is 0 Å². The van der Waals surface area contributed by atoms with Crippen molar-refractivity contribution in [1.82, 2.24) is 4.90 Å². The van der Waals surface area contributed by atoms with E-state index in [1.807, 2.05) is 7.05 Å². The van der Waals surface area contributed by atoms with E-state index in [4.69, 9.17) is 5.26 Å². The predicted octanol–water partition coefficient (Wildman–Crippen LogP) is 4.08. The monoisotopic (exact) mass is 324 g/mol. The van der Waals surface area contributed by atoms with E-state index < -0.39 is 0 Å². The molecule has 2 saturated carbocycles. The molecular weight excluding hydrogens is 296 g/mol. The first kappa shape index (κ1) is 15.9. The van der Waals surface area contributed by atoms with Gasteiger partial charge >= 0.3 is 0 Å². The second kappa shape index (κ2) is 5.76. The first-order chi connectivity index (χ1) is 11.6. The van der Waals surface area contributed by atoms with E-state index in [1.54, 1.807) is 6.08 Å². The molecule has 0 radical (unpaired) electrons. The molecule has 0 bridgehead atoms. The summed E-state index contributed by atoms with van der Waals surface area (Å²) in [6, 6.07) is 2.64. The minimum Gasteiger partial charge on any atom is -0.342 e. The van der Waals surface area contributed by atoms with Gasteiger partial charge in [-0.1, -0.05) is 13.0 Å². The molecule has 1 saturated heterocycles. The number of allylic oxidation sites excluding steroid dienone is 4. The average Bonchev–Trinajstić information content (AvgIpc) is 2.92. The Kier molecular flexibility index (Phi) is 3.82. The number of amides is 1. The van der Waals surface area contributed by atoms with Gasteiger partial charge in [0.25, 0.3) is 0 Å². The first-order valence-corrected chi connectivity index (χ1v) is 9.58. The van der Waals surface area contributed by atoms with Gasteiger partial charge in [-0.3, -0.25) is 4.79 Å². The number of rotatable bonds is 1. The van der Waals surface area contributed by atoms with Crippen LogP contribution >= 0.6 is 0 Å². The van der Waals surface area contributed by atoms with Gasteiger partial charge in [0, 0.05) is 25.6 Å². The number of fused-ring (bicyclic) bond motifs is 5. The Labute approximate surface area is 145 Å². The maximum absolute atomic E-state index is 12.1. The zero-order valence-corrected chi connectivity index (χ0v) is 14.9. The quantitative estimate of drug-likeness (QED) is 0.682. The molecule has 4 rings (SSSR count). The molecule has 3 heteroatoms. The van der Waals surface area contributed by atoms with Crippen LogP contribution in [0.25, 0.3) is 0 Å². The van der Waals surface area contributed by atoms with Gasteiger partial charge in [0.2, 0.25) is 5.91 Å². The minimum absolute atomic E-state index is 0.262. The molecule has 24 heavy (non-hydrogen) atoms. The number of hydrogen-bond donors (Lipinski definition) is 0. The maximum Gasteiger partial charge on any atom is 0.222 e. The lowest BCUT2D eigenvalue weighted by atomic mass is 9.51. The Morgan fingerprint density at radius 2 is 2.08 bits per heavy atom. The lowest BCUT2D eigenvalue weighted by Crippen LogP contribution is -2.55. The highest BCUT2D eigenvalue weighted by Crippen LogP contribution is 2.61. The van der Waals surface area contributed by atoms with Crippen LogP contribution in [0.1, 0.15) is 51.9 Å². The second-order valence-corrected chi connectivity index (χ2v) is 8.60. The van der Waals surface area contributed by atoms with Crippen LogP contribution in [0.5, 0.6) is 0 Å². The molecule has 0 aromatic carbocycles. The molecule has 3 fully saturated rings. The minimum atomic E-state index is 0.262. The fraction of sp³-hybridized carbons (Fsp3) is 0.714. The highest BCUT2D eigenvalue weighted by molar-refractivity contribution is 5.77. The lowest BCUT2D eigenvalue weighted by molar-refractivity contribution is -0.143. The van der Waals surface area contributed by atoms with Gasteiger partial charge in [0.05, 0.1) is 6.07 Å². The van der Waals surface area contributed by atoms with Gasteiger partial charge in [-0.15, -0.1) is 0 Å². The van der Waals surface area contributed by atoms with Crippen LogP contribution in [0.15, 0.2) is 23.8 Å². The van der Waals surface area contributed by atoms with Crippen LogP contribution in [0, 0.1) is 40.4 Å². The normalized spacial score (nSPS) is 44.5. The van der Waals surface area contributed by atoms with Gasteiger partial charge in [-0.25, -0.2) is 0 Å². The fourth-order valence-electron chi connectivity index (χ4n) is 6.65. The molecule has 0 unspecified atom stereocenters. The van der Waals surface area contributed by atoms with Crippen molar-refractivity contribution in [3.63, 3.8) is 0 Å². The first-order valence-electron chi connectivity index (χ1n) is 9.58. The van der Waals surface area contributed by atoms with Crippen molar-refractivity contribution < 1.29 is 4.79 Å². The van der Waals surface area contributed by atoms with Crippen LogP contribution in [-0.2, 0) is 4.79 Å². The van der Waals surface area contributed by atoms with Crippen molar-refractivity contribution in [3.8, 4) is 6.07 Å². The van der Waals surface area contributed by atoms with Crippen LogP contribution in [0.4, 0.5) is 0 Å². The SMILES string of the molecule is CN1C(=O)CC[C@@H]2[C@H]3CC[C@]4(C)C(C=CC#N)=CC[C@H]4[C@@H]3CC[C@H]21. The maximum atomic E-state index is 12.1. The summed E-state index contributed by atoms with van der Waals surface area (Å²) in [4.78, 5) is 14.1. The van der Waals surface area contributed by atoms with E-state index in [0.29, 0.717) is 11.9 Å². The molecule has 3 nitrogen and oxygen atoms in total. The molecule has 1 aliphatic heterocycles. The van der Waals surface area contributed by atoms with E-state index >= 15 is 0 Å². The smallest absolute Gasteiger partial charge is 0.222 e. The summed E-state index contributed by atoms with van der Waals surface area (Å²) in [6.45, 7) is 2.43. The Hall–Kier alpha value is -1.56. The highest BCUT2D eigenvalue weighted by atomic mass is 16.2. The topological polar surface area (TPSA) is 44.1 Å². The average molecular weight is 324 g/mol. The number of hydrogen-bond acceptors (Lipinski definition) is 2.